The number of fused-ring (bicyclic) bond motifs is 1. The second kappa shape index (κ2) is 5.08. The molecule has 3 nitrogen and oxygen atoms in total. The number of carbonyl (C=O) groups excluding carboxylic acids is 1. The Bertz CT molecular complexity index is 588. The molecule has 0 amide bonds. The molecule has 0 aliphatic rings. The fraction of sp³-hybridized carbons (Fsp3) is 0.267. The van der Waals surface area contributed by atoms with E-state index < -0.39 is 0 Å². The molecule has 94 valence electrons. The van der Waals surface area contributed by atoms with Gasteiger partial charge >= 0.3 is 5.97 Å². The number of aryl methyl sites for hydroxylation is 1. The fourth-order valence-electron chi connectivity index (χ4n) is 2.19. The summed E-state index contributed by atoms with van der Waals surface area (Å²) < 4.78 is 5.02. The van der Waals surface area contributed by atoms with Gasteiger partial charge in [0.15, 0.2) is 0 Å². The van der Waals surface area contributed by atoms with Crippen LogP contribution in [0.2, 0.25) is 0 Å². The Morgan fingerprint density at radius 3 is 2.50 bits per heavy atom. The van der Waals surface area contributed by atoms with E-state index in [2.05, 4.69) is 0 Å². The Hall–Kier alpha value is -2.03. The van der Waals surface area contributed by atoms with Crippen molar-refractivity contribution in [3.8, 4) is 5.75 Å². The molecule has 0 bridgehead atoms. The van der Waals surface area contributed by atoms with Gasteiger partial charge in [-0.1, -0.05) is 31.2 Å². The molecule has 2 aromatic rings. The third kappa shape index (κ3) is 2.04. The van der Waals surface area contributed by atoms with Crippen molar-refractivity contribution in [1.29, 1.82) is 0 Å². The molecule has 0 fully saturated rings. The minimum atomic E-state index is -0.379. The van der Waals surface area contributed by atoms with Crippen LogP contribution < -0.4 is 0 Å². The van der Waals surface area contributed by atoms with Crippen molar-refractivity contribution in [1.82, 2.24) is 0 Å². The summed E-state index contributed by atoms with van der Waals surface area (Å²) in [6, 6.07) is 9.02. The standard InChI is InChI=1S/C15H16O3/c1-3-10-11-7-5-6-8-12(11)14(16)9-13(10)15(17)18-4-2/h5-9,16H,3-4H2,1-2H3. The summed E-state index contributed by atoms with van der Waals surface area (Å²) in [6.07, 6.45) is 0.717. The average Bonchev–Trinajstić information content (AvgIpc) is 2.39. The molecule has 0 spiro atoms. The van der Waals surface area contributed by atoms with E-state index in [0.29, 0.717) is 12.2 Å². The number of ether oxygens (including phenoxy) is 1. The van der Waals surface area contributed by atoms with Gasteiger partial charge in [-0.05, 0) is 30.4 Å². The van der Waals surface area contributed by atoms with Crippen LogP contribution in [0.1, 0.15) is 29.8 Å². The minimum absolute atomic E-state index is 0.117. The molecule has 0 heterocycles. The van der Waals surface area contributed by atoms with Gasteiger partial charge in [-0.3, -0.25) is 0 Å². The van der Waals surface area contributed by atoms with Gasteiger partial charge in [0.2, 0.25) is 0 Å². The van der Waals surface area contributed by atoms with Crippen molar-refractivity contribution in [3.63, 3.8) is 0 Å². The molecule has 0 aliphatic carbocycles. The maximum Gasteiger partial charge on any atom is 0.338 e. The van der Waals surface area contributed by atoms with E-state index >= 15 is 0 Å². The number of carbonyl (C=O) groups is 1. The maximum atomic E-state index is 11.9. The number of phenolic OH excluding ortho intramolecular Hbond substituents is 1. The van der Waals surface area contributed by atoms with E-state index in [1.807, 2.05) is 31.2 Å². The van der Waals surface area contributed by atoms with Crippen LogP contribution >= 0.6 is 0 Å². The van der Waals surface area contributed by atoms with Gasteiger partial charge in [-0.15, -0.1) is 0 Å². The third-order valence-electron chi connectivity index (χ3n) is 2.98. The van der Waals surface area contributed by atoms with Crippen LogP contribution in [-0.4, -0.2) is 17.7 Å². The number of rotatable bonds is 3. The van der Waals surface area contributed by atoms with E-state index in [0.717, 1.165) is 22.8 Å². The first-order valence-electron chi connectivity index (χ1n) is 6.09. The molecule has 3 heteroatoms. The molecule has 0 unspecified atom stereocenters. The number of aromatic hydroxyl groups is 1. The van der Waals surface area contributed by atoms with Crippen LogP contribution in [0.25, 0.3) is 10.8 Å². The highest BCUT2D eigenvalue weighted by Crippen LogP contribution is 2.31. The fourth-order valence-corrected chi connectivity index (χ4v) is 2.19. The summed E-state index contributed by atoms with van der Waals surface area (Å²) in [5, 5.41) is 11.7. The Labute approximate surface area is 106 Å². The van der Waals surface area contributed by atoms with E-state index in [4.69, 9.17) is 4.74 Å². The molecule has 0 atom stereocenters. The second-order valence-corrected chi connectivity index (χ2v) is 4.04. The van der Waals surface area contributed by atoms with Gasteiger partial charge < -0.3 is 9.84 Å². The lowest BCUT2D eigenvalue weighted by Gasteiger charge is -2.12. The zero-order valence-corrected chi connectivity index (χ0v) is 10.6. The highest BCUT2D eigenvalue weighted by Gasteiger charge is 2.16. The lowest BCUT2D eigenvalue weighted by molar-refractivity contribution is 0.0525. The van der Waals surface area contributed by atoms with Gasteiger partial charge in [0.25, 0.3) is 0 Å². The smallest absolute Gasteiger partial charge is 0.338 e. The van der Waals surface area contributed by atoms with Crippen molar-refractivity contribution in [3.05, 3.63) is 41.5 Å². The average molecular weight is 244 g/mol. The van der Waals surface area contributed by atoms with Crippen molar-refractivity contribution < 1.29 is 14.6 Å². The number of hydrogen-bond donors (Lipinski definition) is 1. The van der Waals surface area contributed by atoms with Crippen LogP contribution in [0, 0.1) is 0 Å². The highest BCUT2D eigenvalue weighted by atomic mass is 16.5. The molecule has 2 rings (SSSR count). The SMILES string of the molecule is CCOC(=O)c1cc(O)c2ccccc2c1CC. The quantitative estimate of drug-likeness (QED) is 0.843. The summed E-state index contributed by atoms with van der Waals surface area (Å²) in [7, 11) is 0. The summed E-state index contributed by atoms with van der Waals surface area (Å²) in [4.78, 5) is 11.9. The molecular formula is C15H16O3. The largest absolute Gasteiger partial charge is 0.507 e. The van der Waals surface area contributed by atoms with E-state index in [9.17, 15) is 9.90 Å². The Kier molecular flexibility index (Phi) is 3.51. The van der Waals surface area contributed by atoms with Gasteiger partial charge in [-0.2, -0.15) is 0 Å². The summed E-state index contributed by atoms with van der Waals surface area (Å²) in [6.45, 7) is 4.08. The molecule has 18 heavy (non-hydrogen) atoms. The Balaban J connectivity index is 2.71. The van der Waals surface area contributed by atoms with Crippen molar-refractivity contribution >= 4 is 16.7 Å². The van der Waals surface area contributed by atoms with Gasteiger partial charge in [-0.25, -0.2) is 4.79 Å². The minimum Gasteiger partial charge on any atom is -0.507 e. The van der Waals surface area contributed by atoms with E-state index in [1.165, 1.54) is 6.07 Å². The van der Waals surface area contributed by atoms with Crippen LogP contribution in [-0.2, 0) is 11.2 Å². The molecule has 1 N–H and O–H groups in total. The predicted octanol–water partition coefficient (Wildman–Crippen LogP) is 3.28. The molecule has 0 aliphatic heterocycles. The van der Waals surface area contributed by atoms with E-state index in [1.54, 1.807) is 6.92 Å². The first-order valence-corrected chi connectivity index (χ1v) is 6.09. The molecule has 0 saturated heterocycles. The summed E-state index contributed by atoms with van der Waals surface area (Å²) in [5.74, 6) is -0.263. The highest BCUT2D eigenvalue weighted by molar-refractivity contribution is 6.01. The molecule has 2 aromatic carbocycles. The zero-order valence-electron chi connectivity index (χ0n) is 10.6. The normalized spacial score (nSPS) is 10.6. The van der Waals surface area contributed by atoms with Crippen LogP contribution in [0.3, 0.4) is 0 Å². The number of phenols is 1. The maximum absolute atomic E-state index is 11.9. The Morgan fingerprint density at radius 1 is 1.22 bits per heavy atom. The summed E-state index contributed by atoms with van der Waals surface area (Å²) >= 11 is 0. The topological polar surface area (TPSA) is 46.5 Å². The predicted molar refractivity (Wildman–Crippen MR) is 70.9 cm³/mol. The van der Waals surface area contributed by atoms with Crippen LogP contribution in [0.15, 0.2) is 30.3 Å². The van der Waals surface area contributed by atoms with Crippen molar-refractivity contribution in [2.45, 2.75) is 20.3 Å². The van der Waals surface area contributed by atoms with Gasteiger partial charge in [0.05, 0.1) is 12.2 Å². The second-order valence-electron chi connectivity index (χ2n) is 4.04. The Morgan fingerprint density at radius 2 is 1.89 bits per heavy atom. The van der Waals surface area contributed by atoms with E-state index in [-0.39, 0.29) is 11.7 Å². The van der Waals surface area contributed by atoms with Gasteiger partial charge in [0.1, 0.15) is 5.75 Å². The van der Waals surface area contributed by atoms with Crippen LogP contribution in [0.5, 0.6) is 5.75 Å². The summed E-state index contributed by atoms with van der Waals surface area (Å²) in [5.41, 5.74) is 1.37. The third-order valence-corrected chi connectivity index (χ3v) is 2.98. The van der Waals surface area contributed by atoms with Crippen molar-refractivity contribution in [2.75, 3.05) is 6.61 Å². The number of esters is 1. The lowest BCUT2D eigenvalue weighted by Crippen LogP contribution is -2.08. The first-order chi connectivity index (χ1) is 8.69. The van der Waals surface area contributed by atoms with Crippen molar-refractivity contribution in [2.24, 2.45) is 0 Å². The zero-order chi connectivity index (χ0) is 13.1. The van der Waals surface area contributed by atoms with Crippen LogP contribution in [0.4, 0.5) is 0 Å². The number of hydrogen-bond acceptors (Lipinski definition) is 3. The lowest BCUT2D eigenvalue weighted by atomic mass is 9.96. The molecular weight excluding hydrogens is 228 g/mol. The molecule has 0 aromatic heterocycles. The monoisotopic (exact) mass is 244 g/mol. The first kappa shape index (κ1) is 12.4. The molecule has 0 radical (unpaired) electrons. The number of benzene rings is 2. The molecule has 0 saturated carbocycles. The van der Waals surface area contributed by atoms with Gasteiger partial charge in [0, 0.05) is 5.39 Å².